The Morgan fingerprint density at radius 1 is 1.08 bits per heavy atom. The van der Waals surface area contributed by atoms with Gasteiger partial charge in [-0.1, -0.05) is 24.3 Å². The molecule has 0 radical (unpaired) electrons. The van der Waals surface area contributed by atoms with Gasteiger partial charge in [-0.05, 0) is 63.1 Å². The topological polar surface area (TPSA) is 79.8 Å². The molecule has 8 heteroatoms. The Bertz CT molecular complexity index is 1140. The number of nitrogens with zero attached hydrogens (tertiary/aromatic N) is 4. The molecule has 3 heterocycles. The number of amides is 1. The summed E-state index contributed by atoms with van der Waals surface area (Å²) < 4.78 is 13.1. The molecule has 4 aliphatic rings. The van der Waals surface area contributed by atoms with Gasteiger partial charge in [0.1, 0.15) is 11.4 Å². The van der Waals surface area contributed by atoms with Crippen molar-refractivity contribution in [1.29, 1.82) is 0 Å². The van der Waals surface area contributed by atoms with E-state index in [1.807, 2.05) is 11.9 Å². The molecule has 1 amide bonds. The molecule has 1 saturated heterocycles. The number of piperazine rings is 1. The van der Waals surface area contributed by atoms with Crippen LogP contribution in [0.2, 0.25) is 0 Å². The number of hydrogen-bond donors (Lipinski definition) is 1. The van der Waals surface area contributed by atoms with Crippen LogP contribution >= 0.6 is 0 Å². The van der Waals surface area contributed by atoms with Crippen LogP contribution in [0.3, 0.4) is 0 Å². The fraction of sp³-hybridized carbons (Fsp3) is 0.607. The molecule has 2 aliphatic heterocycles. The SMILES string of the molecule is CNCC1(COc2nc3c(c(N4CCN(C(C)=O)CC4)n2)CCC2(CCCc4ccccc42)O3)CC1. The highest BCUT2D eigenvalue weighted by Gasteiger charge is 2.45. The molecule has 2 aromatic rings. The maximum absolute atomic E-state index is 11.9. The van der Waals surface area contributed by atoms with E-state index in [2.05, 4.69) is 34.5 Å². The van der Waals surface area contributed by atoms with Gasteiger partial charge in [-0.15, -0.1) is 0 Å². The minimum Gasteiger partial charge on any atom is -0.466 e. The van der Waals surface area contributed by atoms with E-state index in [0.717, 1.165) is 76.0 Å². The average molecular weight is 492 g/mol. The minimum atomic E-state index is -0.331. The second-order valence-electron chi connectivity index (χ2n) is 11.0. The van der Waals surface area contributed by atoms with Crippen molar-refractivity contribution in [2.45, 2.75) is 57.5 Å². The summed E-state index contributed by atoms with van der Waals surface area (Å²) in [6, 6.07) is 9.12. The Labute approximate surface area is 213 Å². The molecule has 2 aliphatic carbocycles. The molecule has 1 atom stereocenters. The molecule has 192 valence electrons. The molecule has 2 fully saturated rings. The van der Waals surface area contributed by atoms with E-state index in [4.69, 9.17) is 19.4 Å². The fourth-order valence-electron chi connectivity index (χ4n) is 6.25. The van der Waals surface area contributed by atoms with E-state index in [1.54, 1.807) is 6.92 Å². The maximum Gasteiger partial charge on any atom is 0.321 e. The lowest BCUT2D eigenvalue weighted by molar-refractivity contribution is -0.129. The number of rotatable bonds is 6. The number of carbonyl (C=O) groups excluding carboxylic acids is 1. The van der Waals surface area contributed by atoms with Gasteiger partial charge >= 0.3 is 6.01 Å². The number of fused-ring (bicyclic) bond motifs is 3. The molecule has 8 nitrogen and oxygen atoms in total. The van der Waals surface area contributed by atoms with Crippen molar-refractivity contribution in [3.63, 3.8) is 0 Å². The van der Waals surface area contributed by atoms with Crippen molar-refractivity contribution < 1.29 is 14.3 Å². The number of anilines is 1. The fourth-order valence-corrected chi connectivity index (χ4v) is 6.25. The first kappa shape index (κ1) is 23.5. The summed E-state index contributed by atoms with van der Waals surface area (Å²) in [4.78, 5) is 25.9. The van der Waals surface area contributed by atoms with E-state index in [1.165, 1.54) is 11.1 Å². The van der Waals surface area contributed by atoms with Gasteiger partial charge in [-0.3, -0.25) is 4.79 Å². The highest BCUT2D eigenvalue weighted by Crippen LogP contribution is 2.49. The van der Waals surface area contributed by atoms with Gasteiger partial charge < -0.3 is 24.6 Å². The summed E-state index contributed by atoms with van der Waals surface area (Å²) in [6.45, 7) is 6.09. The Balaban J connectivity index is 1.32. The first-order chi connectivity index (χ1) is 17.5. The van der Waals surface area contributed by atoms with Crippen molar-refractivity contribution in [3.05, 3.63) is 41.0 Å². The van der Waals surface area contributed by atoms with Gasteiger partial charge in [0, 0.05) is 45.1 Å². The van der Waals surface area contributed by atoms with Gasteiger partial charge in [0.15, 0.2) is 0 Å². The molecule has 6 rings (SSSR count). The van der Waals surface area contributed by atoms with Gasteiger partial charge in [0.25, 0.3) is 0 Å². The predicted octanol–water partition coefficient (Wildman–Crippen LogP) is 3.08. The third kappa shape index (κ3) is 4.29. The summed E-state index contributed by atoms with van der Waals surface area (Å²) in [5.74, 6) is 1.71. The second-order valence-corrected chi connectivity index (χ2v) is 11.0. The number of carbonyl (C=O) groups is 1. The quantitative estimate of drug-likeness (QED) is 0.665. The van der Waals surface area contributed by atoms with Crippen molar-refractivity contribution in [2.75, 3.05) is 51.3 Å². The van der Waals surface area contributed by atoms with E-state index >= 15 is 0 Å². The molecule has 1 aromatic carbocycles. The van der Waals surface area contributed by atoms with Crippen LogP contribution in [0.4, 0.5) is 5.82 Å². The van der Waals surface area contributed by atoms with Crippen molar-refractivity contribution in [1.82, 2.24) is 20.2 Å². The van der Waals surface area contributed by atoms with Crippen LogP contribution in [0.1, 0.15) is 55.7 Å². The first-order valence-corrected chi connectivity index (χ1v) is 13.5. The zero-order valence-electron chi connectivity index (χ0n) is 21.5. The lowest BCUT2D eigenvalue weighted by Gasteiger charge is -2.43. The summed E-state index contributed by atoms with van der Waals surface area (Å²) in [5.41, 5.74) is 3.63. The molecular formula is C28H37N5O3. The number of benzene rings is 1. The van der Waals surface area contributed by atoms with Crippen LogP contribution in [0, 0.1) is 5.41 Å². The van der Waals surface area contributed by atoms with Crippen LogP contribution in [-0.2, 0) is 23.2 Å². The van der Waals surface area contributed by atoms with Gasteiger partial charge in [-0.2, -0.15) is 9.97 Å². The Kier molecular flexibility index (Phi) is 6.02. The molecule has 1 aromatic heterocycles. The first-order valence-electron chi connectivity index (χ1n) is 13.5. The van der Waals surface area contributed by atoms with Crippen molar-refractivity contribution in [3.8, 4) is 11.9 Å². The number of ether oxygens (including phenoxy) is 2. The smallest absolute Gasteiger partial charge is 0.321 e. The van der Waals surface area contributed by atoms with Crippen LogP contribution in [-0.4, -0.2) is 67.2 Å². The van der Waals surface area contributed by atoms with Crippen molar-refractivity contribution >= 4 is 11.7 Å². The Hall–Kier alpha value is -2.87. The van der Waals surface area contributed by atoms with Crippen LogP contribution in [0.5, 0.6) is 11.9 Å². The minimum absolute atomic E-state index is 0.129. The summed E-state index contributed by atoms with van der Waals surface area (Å²) in [5, 5.41) is 3.30. The van der Waals surface area contributed by atoms with Crippen molar-refractivity contribution in [2.24, 2.45) is 5.41 Å². The lowest BCUT2D eigenvalue weighted by Crippen LogP contribution is -2.49. The monoisotopic (exact) mass is 491 g/mol. The maximum atomic E-state index is 11.9. The Morgan fingerprint density at radius 3 is 2.64 bits per heavy atom. The molecule has 1 spiro atoms. The highest BCUT2D eigenvalue weighted by molar-refractivity contribution is 5.73. The molecule has 36 heavy (non-hydrogen) atoms. The largest absolute Gasteiger partial charge is 0.466 e. The molecule has 0 bridgehead atoms. The third-order valence-electron chi connectivity index (χ3n) is 8.57. The van der Waals surface area contributed by atoms with E-state index in [0.29, 0.717) is 31.6 Å². The van der Waals surface area contributed by atoms with Gasteiger partial charge in [0.2, 0.25) is 11.8 Å². The Morgan fingerprint density at radius 2 is 1.89 bits per heavy atom. The normalized spacial score (nSPS) is 24.1. The average Bonchev–Trinajstić information content (AvgIpc) is 3.67. The van der Waals surface area contributed by atoms with Crippen LogP contribution in [0.15, 0.2) is 24.3 Å². The van der Waals surface area contributed by atoms with E-state index < -0.39 is 0 Å². The van der Waals surface area contributed by atoms with Crippen LogP contribution < -0.4 is 19.7 Å². The summed E-state index contributed by atoms with van der Waals surface area (Å²) in [7, 11) is 1.99. The van der Waals surface area contributed by atoms with E-state index in [-0.39, 0.29) is 16.9 Å². The molecule has 1 saturated carbocycles. The summed E-state index contributed by atoms with van der Waals surface area (Å²) >= 11 is 0. The lowest BCUT2D eigenvalue weighted by atomic mass is 9.75. The van der Waals surface area contributed by atoms with Crippen LogP contribution in [0.25, 0.3) is 0 Å². The van der Waals surface area contributed by atoms with E-state index in [9.17, 15) is 4.79 Å². The number of aromatic nitrogens is 2. The third-order valence-corrected chi connectivity index (χ3v) is 8.57. The van der Waals surface area contributed by atoms with Gasteiger partial charge in [0.05, 0.1) is 12.2 Å². The molecule has 1 N–H and O–H groups in total. The highest BCUT2D eigenvalue weighted by atomic mass is 16.5. The standard InChI is InChI=1S/C28H37N5O3/c1-20(34)32-14-16-33(17-15-32)24-22-9-11-28(10-5-7-21-6-3-4-8-23(21)28)36-25(22)31-26(30-24)35-19-27(12-13-27)18-29-2/h3-4,6,8,29H,5,7,9-19H2,1-2H3. The second kappa shape index (κ2) is 9.21. The molecular weight excluding hydrogens is 454 g/mol. The predicted molar refractivity (Wildman–Crippen MR) is 138 cm³/mol. The number of aryl methyl sites for hydroxylation is 1. The summed E-state index contributed by atoms with van der Waals surface area (Å²) in [6.07, 6.45) is 7.34. The zero-order chi connectivity index (χ0) is 24.8. The zero-order valence-corrected chi connectivity index (χ0v) is 21.5. The molecule has 1 unspecified atom stereocenters. The number of nitrogens with one attached hydrogen (secondary N) is 1. The van der Waals surface area contributed by atoms with Gasteiger partial charge in [-0.25, -0.2) is 0 Å². The number of hydrogen-bond acceptors (Lipinski definition) is 7.